The highest BCUT2D eigenvalue weighted by Gasteiger charge is 2.41. The lowest BCUT2D eigenvalue weighted by molar-refractivity contribution is -0.139. The summed E-state index contributed by atoms with van der Waals surface area (Å²) in [5.74, 6) is -0.184. The monoisotopic (exact) mass is 393 g/mol. The van der Waals surface area contributed by atoms with Crippen LogP contribution in [0.1, 0.15) is 37.0 Å². The molecular weight excluding hydrogens is 366 g/mol. The fourth-order valence-electron chi connectivity index (χ4n) is 4.49. The van der Waals surface area contributed by atoms with E-state index in [9.17, 15) is 14.4 Å². The predicted molar refractivity (Wildman–Crippen MR) is 113 cm³/mol. The van der Waals surface area contributed by atoms with Crippen molar-refractivity contribution in [1.29, 1.82) is 0 Å². The fourth-order valence-corrected chi connectivity index (χ4v) is 4.49. The molecule has 2 bridgehead atoms. The van der Waals surface area contributed by atoms with Gasteiger partial charge in [-0.2, -0.15) is 0 Å². The van der Waals surface area contributed by atoms with Crippen LogP contribution in [-0.4, -0.2) is 51.9 Å². The third-order valence-electron chi connectivity index (χ3n) is 6.16. The smallest absolute Gasteiger partial charge is 0.254 e. The highest BCUT2D eigenvalue weighted by Crippen LogP contribution is 2.30. The summed E-state index contributed by atoms with van der Waals surface area (Å²) in [7, 11) is 1.71. The average molecular weight is 393 g/mol. The van der Waals surface area contributed by atoms with Gasteiger partial charge in [0.2, 0.25) is 5.91 Å². The van der Waals surface area contributed by atoms with Crippen LogP contribution in [0.25, 0.3) is 10.9 Å². The summed E-state index contributed by atoms with van der Waals surface area (Å²) in [5, 5.41) is 0.768. The Bertz CT molecular complexity index is 1060. The molecule has 29 heavy (non-hydrogen) atoms. The molecule has 6 heteroatoms. The molecule has 0 radical (unpaired) electrons. The van der Waals surface area contributed by atoms with Gasteiger partial charge in [-0.3, -0.25) is 14.4 Å². The van der Waals surface area contributed by atoms with E-state index in [-0.39, 0.29) is 29.3 Å². The molecule has 0 unspecified atom stereocenters. The summed E-state index contributed by atoms with van der Waals surface area (Å²) in [6.07, 6.45) is 3.79. The number of carbonyl (C=O) groups excluding carboxylic acids is 2. The predicted octanol–water partition coefficient (Wildman–Crippen LogP) is 2.57. The first-order chi connectivity index (χ1) is 13.9. The van der Waals surface area contributed by atoms with Crippen LogP contribution in [0.5, 0.6) is 0 Å². The van der Waals surface area contributed by atoms with E-state index < -0.39 is 0 Å². The maximum Gasteiger partial charge on any atom is 0.254 e. The zero-order valence-electron chi connectivity index (χ0n) is 17.2. The molecule has 0 aliphatic carbocycles. The van der Waals surface area contributed by atoms with Gasteiger partial charge in [0.15, 0.2) is 0 Å². The maximum atomic E-state index is 13.5. The number of piperidine rings is 1. The van der Waals surface area contributed by atoms with Crippen LogP contribution < -0.4 is 5.56 Å². The van der Waals surface area contributed by atoms with Crippen molar-refractivity contribution in [1.82, 2.24) is 14.4 Å². The van der Waals surface area contributed by atoms with E-state index in [1.165, 1.54) is 11.6 Å². The molecule has 4 heterocycles. The molecule has 152 valence electrons. The molecule has 3 fully saturated rings. The standard InChI is InChI=1S/C23H27N3O3/c1-15(2)10-11-26-17-9-8-16(22(26)28)13-25(14-17)23(29)19-12-21(27)24(3)20-7-5-4-6-18(19)20/h4-7,10,12,16-17H,8-9,11,13-14H2,1-3H3/t16-,17+/m0/s1. The lowest BCUT2D eigenvalue weighted by Crippen LogP contribution is -2.48. The fraction of sp³-hybridized carbons (Fsp3) is 0.435. The minimum absolute atomic E-state index is 0.0265. The van der Waals surface area contributed by atoms with E-state index in [0.29, 0.717) is 25.2 Å². The molecule has 0 N–H and O–H groups in total. The van der Waals surface area contributed by atoms with Crippen LogP contribution in [-0.2, 0) is 11.8 Å². The number of aryl methyl sites for hydroxylation is 1. The first-order valence-corrected chi connectivity index (χ1v) is 10.2. The summed E-state index contributed by atoms with van der Waals surface area (Å²) in [4.78, 5) is 42.5. The van der Waals surface area contributed by atoms with Gasteiger partial charge in [-0.25, -0.2) is 0 Å². The number of pyridine rings is 1. The largest absolute Gasteiger partial charge is 0.336 e. The number of hydrogen-bond donors (Lipinski definition) is 0. The van der Waals surface area contributed by atoms with Crippen LogP contribution in [0.3, 0.4) is 0 Å². The lowest BCUT2D eigenvalue weighted by Gasteiger charge is -2.35. The molecule has 2 aromatic rings. The van der Waals surface area contributed by atoms with Gasteiger partial charge in [0, 0.05) is 44.2 Å². The van der Waals surface area contributed by atoms with Gasteiger partial charge >= 0.3 is 0 Å². The summed E-state index contributed by atoms with van der Waals surface area (Å²) in [6, 6.07) is 8.92. The highest BCUT2D eigenvalue weighted by molar-refractivity contribution is 6.06. The normalized spacial score (nSPS) is 21.4. The van der Waals surface area contributed by atoms with Crippen LogP contribution in [0.15, 0.2) is 46.8 Å². The number of amides is 2. The first kappa shape index (κ1) is 19.4. The van der Waals surface area contributed by atoms with E-state index in [0.717, 1.165) is 23.7 Å². The number of allylic oxidation sites excluding steroid dienone is 1. The van der Waals surface area contributed by atoms with Gasteiger partial charge in [-0.1, -0.05) is 29.8 Å². The van der Waals surface area contributed by atoms with Crippen LogP contribution in [0, 0.1) is 5.92 Å². The molecule has 1 aromatic heterocycles. The molecule has 2 amide bonds. The number of nitrogens with zero attached hydrogens (tertiary/aromatic N) is 3. The van der Waals surface area contributed by atoms with Crippen molar-refractivity contribution in [2.45, 2.75) is 32.7 Å². The molecule has 0 saturated carbocycles. The summed E-state index contributed by atoms with van der Waals surface area (Å²) in [6.45, 7) is 5.58. The minimum atomic E-state index is -0.203. The van der Waals surface area contributed by atoms with Crippen LogP contribution in [0.2, 0.25) is 0 Å². The SMILES string of the molecule is CC(C)=CCN1C(=O)[C@H]2CC[C@@H]1CN(C(=O)c1cc(=O)n(C)c3ccccc13)C2. The molecule has 3 aliphatic rings. The summed E-state index contributed by atoms with van der Waals surface area (Å²) in [5.41, 5.74) is 2.14. The third-order valence-corrected chi connectivity index (χ3v) is 6.16. The quantitative estimate of drug-likeness (QED) is 0.753. The zero-order valence-corrected chi connectivity index (χ0v) is 17.2. The Morgan fingerprint density at radius 2 is 1.90 bits per heavy atom. The van der Waals surface area contributed by atoms with Crippen molar-refractivity contribution >= 4 is 22.7 Å². The molecule has 2 atom stereocenters. The highest BCUT2D eigenvalue weighted by atomic mass is 16.2. The molecule has 3 saturated heterocycles. The second-order valence-corrected chi connectivity index (χ2v) is 8.38. The minimum Gasteiger partial charge on any atom is -0.336 e. The van der Waals surface area contributed by atoms with Crippen molar-refractivity contribution in [2.75, 3.05) is 19.6 Å². The molecular formula is C23H27N3O3. The number of aromatic nitrogens is 1. The third kappa shape index (κ3) is 3.48. The number of rotatable bonds is 3. The zero-order chi connectivity index (χ0) is 20.7. The number of benzene rings is 1. The van der Waals surface area contributed by atoms with E-state index in [1.807, 2.05) is 43.0 Å². The van der Waals surface area contributed by atoms with E-state index in [1.54, 1.807) is 16.5 Å². The van der Waals surface area contributed by atoms with Crippen LogP contribution in [0.4, 0.5) is 0 Å². The topological polar surface area (TPSA) is 62.6 Å². The van der Waals surface area contributed by atoms with Crippen molar-refractivity contribution in [3.63, 3.8) is 0 Å². The summed E-state index contributed by atoms with van der Waals surface area (Å²) < 4.78 is 1.56. The Kier molecular flexibility index (Phi) is 5.03. The van der Waals surface area contributed by atoms with Crippen molar-refractivity contribution < 1.29 is 9.59 Å². The molecule has 0 spiro atoms. The maximum absolute atomic E-state index is 13.5. The number of hydrogen-bond acceptors (Lipinski definition) is 3. The molecule has 1 aromatic carbocycles. The van der Waals surface area contributed by atoms with Crippen molar-refractivity contribution in [3.8, 4) is 0 Å². The second kappa shape index (κ2) is 7.50. The Hall–Kier alpha value is -2.89. The van der Waals surface area contributed by atoms with Crippen molar-refractivity contribution in [3.05, 3.63) is 57.9 Å². The van der Waals surface area contributed by atoms with Gasteiger partial charge < -0.3 is 14.4 Å². The van der Waals surface area contributed by atoms with Crippen LogP contribution >= 0.6 is 0 Å². The Morgan fingerprint density at radius 3 is 2.66 bits per heavy atom. The Labute approximate surface area is 170 Å². The van der Waals surface area contributed by atoms with Gasteiger partial charge in [0.25, 0.3) is 11.5 Å². The van der Waals surface area contributed by atoms with E-state index in [4.69, 9.17) is 0 Å². The molecule has 6 nitrogen and oxygen atoms in total. The number of fused-ring (bicyclic) bond motifs is 5. The van der Waals surface area contributed by atoms with Gasteiger partial charge in [-0.05, 0) is 32.8 Å². The Balaban J connectivity index is 1.69. The number of carbonyl (C=O) groups is 2. The van der Waals surface area contributed by atoms with Gasteiger partial charge in [0.05, 0.1) is 17.0 Å². The molecule has 3 aliphatic heterocycles. The van der Waals surface area contributed by atoms with E-state index in [2.05, 4.69) is 6.08 Å². The van der Waals surface area contributed by atoms with E-state index >= 15 is 0 Å². The molecule has 5 rings (SSSR count). The first-order valence-electron chi connectivity index (χ1n) is 10.2. The lowest BCUT2D eigenvalue weighted by atomic mass is 9.94. The summed E-state index contributed by atoms with van der Waals surface area (Å²) >= 11 is 0. The van der Waals surface area contributed by atoms with Crippen molar-refractivity contribution in [2.24, 2.45) is 13.0 Å². The number of para-hydroxylation sites is 1. The average Bonchev–Trinajstić information content (AvgIpc) is 3.00. The Morgan fingerprint density at radius 1 is 1.14 bits per heavy atom. The second-order valence-electron chi connectivity index (χ2n) is 8.38. The van der Waals surface area contributed by atoms with Gasteiger partial charge in [0.1, 0.15) is 0 Å². The van der Waals surface area contributed by atoms with Gasteiger partial charge in [-0.15, -0.1) is 0 Å².